The number of carbonyl (C=O) groups excluding carboxylic acids is 2. The van der Waals surface area contributed by atoms with Crippen molar-refractivity contribution in [3.05, 3.63) is 0 Å². The highest BCUT2D eigenvalue weighted by Crippen LogP contribution is 2.47. The molecule has 0 radical (unpaired) electrons. The number of esters is 1. The summed E-state index contributed by atoms with van der Waals surface area (Å²) in [6.07, 6.45) is 0.194. The zero-order valence-corrected chi connectivity index (χ0v) is 15.3. The molecule has 6 heteroatoms. The summed E-state index contributed by atoms with van der Waals surface area (Å²) in [4.78, 5) is 22.9. The Balaban J connectivity index is 2.92. The van der Waals surface area contributed by atoms with Crippen LogP contribution in [-0.4, -0.2) is 26.5 Å². The smallest absolute Gasteiger partial charge is 0.412 e. The number of nitrogens with two attached hydrogens (primary N) is 1. The number of ether oxygens (including phenoxy) is 1. The molecule has 1 aliphatic rings. The van der Waals surface area contributed by atoms with E-state index in [0.29, 0.717) is 6.42 Å². The fourth-order valence-electron chi connectivity index (χ4n) is 2.59. The standard InChI is InChI=1S/C15H29NO4Si/c1-14(2,3)21(6,7)20-11-9-15(4,5)8-10(11)12(17)19-13(16)18/h10-11H,8-9H2,1-7H3,(H2,16,18)/t10-,11-/m1/s1. The van der Waals surface area contributed by atoms with Crippen LogP contribution in [0.4, 0.5) is 4.79 Å². The molecule has 1 rings (SSSR count). The van der Waals surface area contributed by atoms with E-state index >= 15 is 0 Å². The molecule has 2 atom stereocenters. The van der Waals surface area contributed by atoms with Gasteiger partial charge in [-0.25, -0.2) is 4.79 Å². The number of carbonyl (C=O) groups is 2. The molecule has 0 heterocycles. The van der Waals surface area contributed by atoms with Crippen LogP contribution >= 0.6 is 0 Å². The molecule has 0 unspecified atom stereocenters. The van der Waals surface area contributed by atoms with Crippen LogP contribution in [0.1, 0.15) is 47.5 Å². The third-order valence-electron chi connectivity index (χ3n) is 4.73. The number of hydrogen-bond acceptors (Lipinski definition) is 4. The molecule has 0 bridgehead atoms. The highest BCUT2D eigenvalue weighted by molar-refractivity contribution is 6.74. The van der Waals surface area contributed by atoms with E-state index in [9.17, 15) is 9.59 Å². The summed E-state index contributed by atoms with van der Waals surface area (Å²) in [5.41, 5.74) is 4.95. The minimum atomic E-state index is -1.98. The Bertz CT molecular complexity index is 426. The second-order valence-electron chi connectivity index (χ2n) is 8.34. The molecule has 0 aromatic heterocycles. The average molecular weight is 315 g/mol. The Hall–Kier alpha value is -0.883. The lowest BCUT2D eigenvalue weighted by molar-refractivity contribution is -0.144. The molecule has 1 aliphatic carbocycles. The van der Waals surface area contributed by atoms with E-state index in [4.69, 9.17) is 10.2 Å². The van der Waals surface area contributed by atoms with Crippen LogP contribution in [0.25, 0.3) is 0 Å². The fourth-order valence-corrected chi connectivity index (χ4v) is 3.94. The molecule has 1 saturated carbocycles. The molecule has 2 N–H and O–H groups in total. The number of amides is 1. The Labute approximate surface area is 128 Å². The number of rotatable bonds is 3. The van der Waals surface area contributed by atoms with Gasteiger partial charge in [-0.05, 0) is 36.4 Å². The molecule has 0 spiro atoms. The zero-order chi connectivity index (χ0) is 16.6. The average Bonchev–Trinajstić information content (AvgIpc) is 2.50. The van der Waals surface area contributed by atoms with Gasteiger partial charge in [-0.15, -0.1) is 0 Å². The minimum Gasteiger partial charge on any atom is -0.413 e. The fraction of sp³-hybridized carbons (Fsp3) is 0.867. The molecule has 0 aromatic carbocycles. The maximum absolute atomic E-state index is 12.1. The first-order valence-corrected chi connectivity index (χ1v) is 10.3. The van der Waals surface area contributed by atoms with Crippen LogP contribution < -0.4 is 5.73 Å². The number of hydrogen-bond donors (Lipinski definition) is 1. The van der Waals surface area contributed by atoms with Crippen molar-refractivity contribution in [1.82, 2.24) is 0 Å². The highest BCUT2D eigenvalue weighted by atomic mass is 28.4. The van der Waals surface area contributed by atoms with Crippen molar-refractivity contribution < 1.29 is 18.8 Å². The topological polar surface area (TPSA) is 78.6 Å². The normalized spacial score (nSPS) is 25.7. The van der Waals surface area contributed by atoms with Crippen molar-refractivity contribution in [1.29, 1.82) is 0 Å². The lowest BCUT2D eigenvalue weighted by atomic mass is 9.91. The lowest BCUT2D eigenvalue weighted by Crippen LogP contribution is -2.46. The Morgan fingerprint density at radius 2 is 1.71 bits per heavy atom. The Kier molecular flexibility index (Phi) is 4.95. The summed E-state index contributed by atoms with van der Waals surface area (Å²) in [6.45, 7) is 15.0. The van der Waals surface area contributed by atoms with E-state index < -0.39 is 26.3 Å². The molecule has 1 amide bonds. The van der Waals surface area contributed by atoms with Crippen LogP contribution in [0.15, 0.2) is 0 Å². The second-order valence-corrected chi connectivity index (χ2v) is 13.1. The quantitative estimate of drug-likeness (QED) is 0.491. The summed E-state index contributed by atoms with van der Waals surface area (Å²) in [5.74, 6) is -0.974. The second kappa shape index (κ2) is 5.72. The maximum atomic E-state index is 12.1. The van der Waals surface area contributed by atoms with Gasteiger partial charge in [0.15, 0.2) is 8.32 Å². The van der Waals surface area contributed by atoms with Crippen molar-refractivity contribution in [2.45, 2.75) is 71.7 Å². The van der Waals surface area contributed by atoms with Crippen LogP contribution in [0.5, 0.6) is 0 Å². The summed E-state index contributed by atoms with van der Waals surface area (Å²) in [7, 11) is -1.98. The third kappa shape index (κ3) is 4.54. The van der Waals surface area contributed by atoms with Crippen LogP contribution in [-0.2, 0) is 14.0 Å². The largest absolute Gasteiger partial charge is 0.413 e. The molecular weight excluding hydrogens is 286 g/mol. The number of primary amides is 1. The molecule has 0 aromatic rings. The van der Waals surface area contributed by atoms with Gasteiger partial charge in [0.2, 0.25) is 0 Å². The van der Waals surface area contributed by atoms with Crippen LogP contribution in [0, 0.1) is 11.3 Å². The van der Waals surface area contributed by atoms with Gasteiger partial charge in [-0.1, -0.05) is 34.6 Å². The summed E-state index contributed by atoms with van der Waals surface area (Å²) in [6, 6.07) is 0. The molecule has 21 heavy (non-hydrogen) atoms. The van der Waals surface area contributed by atoms with Crippen LogP contribution in [0.2, 0.25) is 18.1 Å². The van der Waals surface area contributed by atoms with Crippen molar-refractivity contribution in [3.8, 4) is 0 Å². The van der Waals surface area contributed by atoms with Crippen LogP contribution in [0.3, 0.4) is 0 Å². The SMILES string of the molecule is CC1(C)C[C@@H](O[Si](C)(C)C(C)(C)C)[C@H](C(=O)OC(N)=O)C1. The van der Waals surface area contributed by atoms with E-state index in [2.05, 4.69) is 52.4 Å². The van der Waals surface area contributed by atoms with Gasteiger partial charge in [-0.3, -0.25) is 4.79 Å². The van der Waals surface area contributed by atoms with Crippen molar-refractivity contribution in [2.24, 2.45) is 17.1 Å². The molecule has 1 fully saturated rings. The minimum absolute atomic E-state index is 0.00559. The van der Waals surface area contributed by atoms with Crippen molar-refractivity contribution in [2.75, 3.05) is 0 Å². The maximum Gasteiger partial charge on any atom is 0.412 e. The third-order valence-corrected chi connectivity index (χ3v) is 9.24. The summed E-state index contributed by atoms with van der Waals surface area (Å²) in [5, 5.41) is 0.0673. The molecular formula is C15H29NO4Si. The monoisotopic (exact) mass is 315 g/mol. The van der Waals surface area contributed by atoms with Crippen molar-refractivity contribution in [3.63, 3.8) is 0 Å². The van der Waals surface area contributed by atoms with E-state index in [1.807, 2.05) is 0 Å². The molecule has 0 aliphatic heterocycles. The van der Waals surface area contributed by atoms with Gasteiger partial charge in [-0.2, -0.15) is 0 Å². The van der Waals surface area contributed by atoms with Gasteiger partial charge in [0.05, 0.1) is 12.0 Å². The predicted octanol–water partition coefficient (Wildman–Crippen LogP) is 3.43. The van der Waals surface area contributed by atoms with Gasteiger partial charge in [0.25, 0.3) is 0 Å². The first kappa shape index (κ1) is 18.2. The van der Waals surface area contributed by atoms with Gasteiger partial charge >= 0.3 is 12.1 Å². The van der Waals surface area contributed by atoms with E-state index in [-0.39, 0.29) is 16.6 Å². The Morgan fingerprint density at radius 3 is 2.14 bits per heavy atom. The molecule has 122 valence electrons. The van der Waals surface area contributed by atoms with E-state index in [0.717, 1.165) is 6.42 Å². The first-order chi connectivity index (χ1) is 9.25. The molecule has 5 nitrogen and oxygen atoms in total. The highest BCUT2D eigenvalue weighted by Gasteiger charge is 2.49. The summed E-state index contributed by atoms with van der Waals surface area (Å²) >= 11 is 0. The first-order valence-electron chi connectivity index (χ1n) is 7.44. The van der Waals surface area contributed by atoms with Gasteiger partial charge in [0.1, 0.15) is 0 Å². The van der Waals surface area contributed by atoms with Crippen molar-refractivity contribution >= 4 is 20.4 Å². The van der Waals surface area contributed by atoms with E-state index in [1.54, 1.807) is 0 Å². The predicted molar refractivity (Wildman–Crippen MR) is 84.3 cm³/mol. The van der Waals surface area contributed by atoms with Gasteiger partial charge in [0, 0.05) is 0 Å². The Morgan fingerprint density at radius 1 is 1.19 bits per heavy atom. The lowest BCUT2D eigenvalue weighted by Gasteiger charge is -2.39. The summed E-state index contributed by atoms with van der Waals surface area (Å²) < 4.78 is 11.0. The molecule has 0 saturated heterocycles. The zero-order valence-electron chi connectivity index (χ0n) is 14.3. The van der Waals surface area contributed by atoms with E-state index in [1.165, 1.54) is 0 Å². The van der Waals surface area contributed by atoms with Gasteiger partial charge < -0.3 is 14.9 Å².